The summed E-state index contributed by atoms with van der Waals surface area (Å²) < 4.78 is 18.1. The van der Waals surface area contributed by atoms with Gasteiger partial charge >= 0.3 is 5.97 Å². The second-order valence-electron chi connectivity index (χ2n) is 11.0. The predicted molar refractivity (Wildman–Crippen MR) is 174 cm³/mol. The number of ether oxygens (including phenoxy) is 2. The van der Waals surface area contributed by atoms with Crippen LogP contribution < -0.4 is 4.74 Å². The number of amides is 1. The van der Waals surface area contributed by atoms with Crippen molar-refractivity contribution in [2.75, 3.05) is 20.8 Å². The Bertz CT molecular complexity index is 1750. The molecule has 1 amide bonds. The molecule has 43 heavy (non-hydrogen) atoms. The van der Waals surface area contributed by atoms with Gasteiger partial charge in [-0.2, -0.15) is 0 Å². The molecule has 5 rings (SSSR count). The Kier molecular flexibility index (Phi) is 9.51. The van der Waals surface area contributed by atoms with Crippen molar-refractivity contribution in [3.05, 3.63) is 112 Å². The first-order valence-electron chi connectivity index (χ1n) is 14.5. The lowest BCUT2D eigenvalue weighted by Gasteiger charge is -2.19. The van der Waals surface area contributed by atoms with Crippen LogP contribution in [0.2, 0.25) is 0 Å². The third-order valence-electron chi connectivity index (χ3n) is 7.98. The molecule has 6 nitrogen and oxygen atoms in total. The fourth-order valence-electron chi connectivity index (χ4n) is 5.43. The Labute approximate surface area is 260 Å². The summed E-state index contributed by atoms with van der Waals surface area (Å²) in [5.74, 6) is 0.401. The molecule has 0 radical (unpaired) electrons. The molecule has 1 heterocycles. The lowest BCUT2D eigenvalue weighted by molar-refractivity contribution is -0.146. The largest absolute Gasteiger partial charge is 0.491 e. The van der Waals surface area contributed by atoms with Crippen molar-refractivity contribution in [1.29, 1.82) is 0 Å². The number of benzene rings is 4. The highest BCUT2D eigenvalue weighted by Gasteiger charge is 2.26. The average Bonchev–Trinajstić information content (AvgIpc) is 3.42. The van der Waals surface area contributed by atoms with Crippen LogP contribution in [0.3, 0.4) is 0 Å². The summed E-state index contributed by atoms with van der Waals surface area (Å²) in [5.41, 5.74) is 3.76. The van der Waals surface area contributed by atoms with E-state index in [-0.39, 0.29) is 24.4 Å². The summed E-state index contributed by atoms with van der Waals surface area (Å²) >= 11 is 3.71. The molecule has 5 aromatic rings. The summed E-state index contributed by atoms with van der Waals surface area (Å²) in [4.78, 5) is 27.8. The van der Waals surface area contributed by atoms with Crippen LogP contribution in [0.25, 0.3) is 21.7 Å². The molecule has 0 spiro atoms. The van der Waals surface area contributed by atoms with Crippen molar-refractivity contribution in [2.45, 2.75) is 39.2 Å². The smallest absolute Gasteiger partial charge is 0.312 e. The Morgan fingerprint density at radius 2 is 1.67 bits per heavy atom. The maximum Gasteiger partial charge on any atom is 0.312 e. The van der Waals surface area contributed by atoms with Crippen LogP contribution in [0.4, 0.5) is 0 Å². The number of furan rings is 1. The number of hydrogen-bond acceptors (Lipinski definition) is 5. The zero-order valence-electron chi connectivity index (χ0n) is 24.9. The van der Waals surface area contributed by atoms with E-state index < -0.39 is 5.92 Å². The predicted octanol–water partition coefficient (Wildman–Crippen LogP) is 8.54. The van der Waals surface area contributed by atoms with Gasteiger partial charge < -0.3 is 18.8 Å². The molecule has 222 valence electrons. The number of hydrogen-bond donors (Lipinski definition) is 0. The van der Waals surface area contributed by atoms with Crippen molar-refractivity contribution in [2.24, 2.45) is 5.92 Å². The molecule has 2 atom stereocenters. The molecule has 0 aliphatic heterocycles. The fourth-order valence-corrected chi connectivity index (χ4v) is 6.04. The Balaban J connectivity index is 1.32. The van der Waals surface area contributed by atoms with E-state index in [1.54, 1.807) is 11.9 Å². The first-order chi connectivity index (χ1) is 20.8. The monoisotopic (exact) mass is 641 g/mol. The first-order valence-corrected chi connectivity index (χ1v) is 15.3. The third-order valence-corrected chi connectivity index (χ3v) is 8.80. The molecule has 4 aromatic carbocycles. The minimum absolute atomic E-state index is 0.132. The number of esters is 1. The number of rotatable bonds is 11. The maximum atomic E-state index is 13.6. The summed E-state index contributed by atoms with van der Waals surface area (Å²) in [6.07, 6.45) is 1.44. The van der Waals surface area contributed by atoms with Gasteiger partial charge in [0, 0.05) is 24.5 Å². The van der Waals surface area contributed by atoms with Crippen LogP contribution in [0, 0.1) is 5.92 Å². The lowest BCUT2D eigenvalue weighted by atomic mass is 9.95. The van der Waals surface area contributed by atoms with Crippen LogP contribution in [0.1, 0.15) is 53.4 Å². The summed E-state index contributed by atoms with van der Waals surface area (Å²) in [5, 5.41) is 2.99. The number of halogens is 1. The third kappa shape index (κ3) is 6.62. The van der Waals surface area contributed by atoms with E-state index in [1.165, 1.54) is 7.11 Å². The van der Waals surface area contributed by atoms with Crippen LogP contribution in [0.5, 0.6) is 5.75 Å². The van der Waals surface area contributed by atoms with Crippen LogP contribution in [0.15, 0.2) is 93.8 Å². The van der Waals surface area contributed by atoms with Gasteiger partial charge in [-0.15, -0.1) is 0 Å². The Hall–Kier alpha value is -4.10. The van der Waals surface area contributed by atoms with Crippen LogP contribution in [-0.4, -0.2) is 37.5 Å². The van der Waals surface area contributed by atoms with E-state index in [0.717, 1.165) is 49.3 Å². The van der Waals surface area contributed by atoms with E-state index in [2.05, 4.69) is 35.8 Å². The van der Waals surface area contributed by atoms with E-state index in [9.17, 15) is 9.59 Å². The van der Waals surface area contributed by atoms with Gasteiger partial charge in [0.15, 0.2) is 5.76 Å². The standard InChI is InChI=1S/C36H36BrNO5/c1-5-23(2)32-29-13-9-10-14-30(29)43-34(32)35(39)38(3)21-25-15-17-28-26(20-25)16-18-31(33(28)37)42-22-27(36(40)41-4)19-24-11-7-6-8-12-24/h6-18,20,23,27H,5,19,21-22H2,1-4H3. The molecule has 0 saturated carbocycles. The Morgan fingerprint density at radius 3 is 2.42 bits per heavy atom. The van der Waals surface area contributed by atoms with Gasteiger partial charge in [-0.05, 0) is 74.8 Å². The number of carbonyl (C=O) groups excluding carboxylic acids is 2. The second-order valence-corrected chi connectivity index (χ2v) is 11.8. The number of carbonyl (C=O) groups is 2. The van der Waals surface area contributed by atoms with Crippen LogP contribution in [-0.2, 0) is 22.5 Å². The normalized spacial score (nSPS) is 12.7. The van der Waals surface area contributed by atoms with E-state index in [4.69, 9.17) is 13.9 Å². The molecule has 0 saturated heterocycles. The molecule has 0 fully saturated rings. The molecular formula is C36H36BrNO5. The van der Waals surface area contributed by atoms with Crippen molar-refractivity contribution in [3.63, 3.8) is 0 Å². The van der Waals surface area contributed by atoms with Crippen molar-refractivity contribution in [3.8, 4) is 5.75 Å². The van der Waals surface area contributed by atoms with Crippen molar-refractivity contribution >= 4 is 49.5 Å². The highest BCUT2D eigenvalue weighted by atomic mass is 79.9. The SMILES string of the molecule is CCC(C)c1c(C(=O)N(C)Cc2ccc3c(Br)c(OCC(Cc4ccccc4)C(=O)OC)ccc3c2)oc2ccccc12. The molecule has 7 heteroatoms. The second kappa shape index (κ2) is 13.5. The van der Waals surface area contributed by atoms with E-state index in [0.29, 0.717) is 24.5 Å². The average molecular weight is 643 g/mol. The summed E-state index contributed by atoms with van der Waals surface area (Å²) in [6, 6.07) is 27.7. The quantitative estimate of drug-likeness (QED) is 0.135. The highest BCUT2D eigenvalue weighted by molar-refractivity contribution is 9.10. The topological polar surface area (TPSA) is 69.0 Å². The Morgan fingerprint density at radius 1 is 0.930 bits per heavy atom. The zero-order chi connectivity index (χ0) is 30.5. The molecule has 0 aliphatic carbocycles. The summed E-state index contributed by atoms with van der Waals surface area (Å²) in [7, 11) is 3.20. The maximum absolute atomic E-state index is 13.6. The van der Waals surface area contributed by atoms with Crippen molar-refractivity contribution < 1.29 is 23.5 Å². The summed E-state index contributed by atoms with van der Waals surface area (Å²) in [6.45, 7) is 4.88. The molecule has 0 N–H and O–H groups in total. The van der Waals surface area contributed by atoms with Crippen molar-refractivity contribution in [1.82, 2.24) is 4.90 Å². The molecule has 0 aliphatic rings. The van der Waals surface area contributed by atoms with Gasteiger partial charge in [-0.3, -0.25) is 9.59 Å². The highest BCUT2D eigenvalue weighted by Crippen LogP contribution is 2.36. The zero-order valence-corrected chi connectivity index (χ0v) is 26.5. The first kappa shape index (κ1) is 30.4. The van der Waals surface area contributed by atoms with Gasteiger partial charge in [-0.25, -0.2) is 0 Å². The lowest BCUT2D eigenvalue weighted by Crippen LogP contribution is -2.26. The van der Waals surface area contributed by atoms with Gasteiger partial charge in [0.1, 0.15) is 17.9 Å². The molecule has 2 unspecified atom stereocenters. The van der Waals surface area contributed by atoms with E-state index in [1.807, 2.05) is 78.9 Å². The van der Waals surface area contributed by atoms with Gasteiger partial charge in [-0.1, -0.05) is 80.6 Å². The van der Waals surface area contributed by atoms with Gasteiger partial charge in [0.2, 0.25) is 0 Å². The number of methoxy groups -OCH3 is 1. The number of fused-ring (bicyclic) bond motifs is 2. The molecular weight excluding hydrogens is 606 g/mol. The van der Waals surface area contributed by atoms with E-state index >= 15 is 0 Å². The molecule has 0 bridgehead atoms. The van der Waals surface area contributed by atoms with Gasteiger partial charge in [0.05, 0.1) is 17.5 Å². The minimum Gasteiger partial charge on any atom is -0.491 e. The fraction of sp³-hybridized carbons (Fsp3) is 0.278. The van der Waals surface area contributed by atoms with Crippen LogP contribution >= 0.6 is 15.9 Å². The number of para-hydroxylation sites is 1. The number of nitrogens with zero attached hydrogens (tertiary/aromatic N) is 1. The molecule has 1 aromatic heterocycles. The minimum atomic E-state index is -0.432. The van der Waals surface area contributed by atoms with Gasteiger partial charge in [0.25, 0.3) is 5.91 Å².